The van der Waals surface area contributed by atoms with Crippen LogP contribution in [0.2, 0.25) is 0 Å². The van der Waals surface area contributed by atoms with Gasteiger partial charge in [-0.1, -0.05) is 43.1 Å². The van der Waals surface area contributed by atoms with E-state index in [0.717, 1.165) is 31.7 Å². The average molecular weight is 326 g/mol. The van der Waals surface area contributed by atoms with Crippen LogP contribution in [0.25, 0.3) is 0 Å². The first-order valence-corrected chi connectivity index (χ1v) is 8.07. The van der Waals surface area contributed by atoms with Crippen molar-refractivity contribution in [2.75, 3.05) is 13.2 Å². The number of hydrogen-bond donors (Lipinski definition) is 1. The van der Waals surface area contributed by atoms with E-state index in [9.17, 15) is 0 Å². The van der Waals surface area contributed by atoms with Crippen molar-refractivity contribution >= 4 is 15.9 Å². The van der Waals surface area contributed by atoms with Gasteiger partial charge in [-0.15, -0.1) is 0 Å². The molecule has 3 heteroatoms. The Morgan fingerprint density at radius 1 is 1.37 bits per heavy atom. The number of benzene rings is 1. The molecule has 0 bridgehead atoms. The first-order valence-electron chi connectivity index (χ1n) is 7.27. The van der Waals surface area contributed by atoms with E-state index in [1.165, 1.54) is 22.0 Å². The van der Waals surface area contributed by atoms with E-state index in [4.69, 9.17) is 4.74 Å². The number of halogens is 1. The number of rotatable bonds is 6. The Morgan fingerprint density at radius 2 is 2.16 bits per heavy atom. The first-order chi connectivity index (χ1) is 9.10. The zero-order valence-corrected chi connectivity index (χ0v) is 13.7. The van der Waals surface area contributed by atoms with Crippen LogP contribution in [-0.2, 0) is 12.8 Å². The average Bonchev–Trinajstić information content (AvgIpc) is 2.81. The van der Waals surface area contributed by atoms with Gasteiger partial charge in [0.2, 0.25) is 0 Å². The number of ether oxygens (including phenoxy) is 1. The predicted octanol–water partition coefficient (Wildman–Crippen LogP) is 3.95. The molecule has 1 aliphatic rings. The minimum Gasteiger partial charge on any atom is -0.493 e. The van der Waals surface area contributed by atoms with Crippen molar-refractivity contribution < 1.29 is 4.74 Å². The molecule has 0 aromatic heterocycles. The number of nitrogens with one attached hydrogen (secondary N) is 1. The van der Waals surface area contributed by atoms with Gasteiger partial charge >= 0.3 is 0 Å². The van der Waals surface area contributed by atoms with Gasteiger partial charge in [0.05, 0.1) is 6.61 Å². The number of fused-ring (bicyclic) bond motifs is 1. The molecule has 106 valence electrons. The fourth-order valence-corrected chi connectivity index (χ4v) is 3.12. The maximum atomic E-state index is 5.81. The third kappa shape index (κ3) is 3.96. The van der Waals surface area contributed by atoms with E-state index in [1.807, 2.05) is 0 Å². The van der Waals surface area contributed by atoms with Crippen molar-refractivity contribution in [2.24, 2.45) is 5.92 Å². The lowest BCUT2D eigenvalue weighted by molar-refractivity contribution is 0.349. The molecule has 0 saturated carbocycles. The Kier molecular flexibility index (Phi) is 5.28. The zero-order chi connectivity index (χ0) is 13.8. The van der Waals surface area contributed by atoms with E-state index in [0.29, 0.717) is 12.0 Å². The summed E-state index contributed by atoms with van der Waals surface area (Å²) in [6.07, 6.45) is 3.34. The maximum absolute atomic E-state index is 5.81. The van der Waals surface area contributed by atoms with E-state index < -0.39 is 0 Å². The van der Waals surface area contributed by atoms with Crippen LogP contribution in [0.3, 0.4) is 0 Å². The molecule has 2 nitrogen and oxygen atoms in total. The summed E-state index contributed by atoms with van der Waals surface area (Å²) in [5.41, 5.74) is 2.72. The van der Waals surface area contributed by atoms with Gasteiger partial charge in [0.25, 0.3) is 0 Å². The molecule has 1 aromatic carbocycles. The molecule has 1 unspecified atom stereocenters. The van der Waals surface area contributed by atoms with E-state index in [2.05, 4.69) is 54.2 Å². The largest absolute Gasteiger partial charge is 0.493 e. The van der Waals surface area contributed by atoms with Gasteiger partial charge in [0.15, 0.2) is 0 Å². The highest BCUT2D eigenvalue weighted by molar-refractivity contribution is 9.10. The van der Waals surface area contributed by atoms with Gasteiger partial charge in [-0.25, -0.2) is 0 Å². The van der Waals surface area contributed by atoms with Gasteiger partial charge in [0, 0.05) is 16.9 Å². The van der Waals surface area contributed by atoms with Crippen LogP contribution in [0.5, 0.6) is 5.75 Å². The lowest BCUT2D eigenvalue weighted by Crippen LogP contribution is -2.29. The van der Waals surface area contributed by atoms with Gasteiger partial charge < -0.3 is 10.1 Å². The third-order valence-corrected chi connectivity index (χ3v) is 4.18. The van der Waals surface area contributed by atoms with Crippen molar-refractivity contribution in [1.29, 1.82) is 0 Å². The SMILES string of the molecule is CCC(CNC(C)C)Cc1cc(Br)cc2c1OCC2. The highest BCUT2D eigenvalue weighted by atomic mass is 79.9. The Balaban J connectivity index is 2.09. The molecule has 1 aliphatic heterocycles. The number of hydrogen-bond acceptors (Lipinski definition) is 2. The summed E-state index contributed by atoms with van der Waals surface area (Å²) < 4.78 is 6.99. The first kappa shape index (κ1) is 14.9. The molecule has 19 heavy (non-hydrogen) atoms. The van der Waals surface area contributed by atoms with Gasteiger partial charge in [0.1, 0.15) is 5.75 Å². The van der Waals surface area contributed by atoms with Crippen molar-refractivity contribution in [2.45, 2.75) is 46.1 Å². The lowest BCUT2D eigenvalue weighted by Gasteiger charge is -2.19. The van der Waals surface area contributed by atoms with Crippen molar-refractivity contribution in [3.05, 3.63) is 27.7 Å². The molecule has 0 radical (unpaired) electrons. The second kappa shape index (κ2) is 6.76. The topological polar surface area (TPSA) is 21.3 Å². The van der Waals surface area contributed by atoms with Crippen LogP contribution < -0.4 is 10.1 Å². The molecule has 2 rings (SSSR count). The summed E-state index contributed by atoms with van der Waals surface area (Å²) >= 11 is 3.62. The van der Waals surface area contributed by atoms with Crippen LogP contribution in [-0.4, -0.2) is 19.2 Å². The Labute approximate surface area is 125 Å². The van der Waals surface area contributed by atoms with Crippen LogP contribution in [0.1, 0.15) is 38.3 Å². The second-order valence-electron chi connectivity index (χ2n) is 5.69. The van der Waals surface area contributed by atoms with Crippen molar-refractivity contribution in [1.82, 2.24) is 5.32 Å². The highest BCUT2D eigenvalue weighted by Crippen LogP contribution is 2.34. The summed E-state index contributed by atoms with van der Waals surface area (Å²) in [7, 11) is 0. The van der Waals surface area contributed by atoms with E-state index >= 15 is 0 Å². The second-order valence-corrected chi connectivity index (χ2v) is 6.61. The molecule has 0 amide bonds. The Hall–Kier alpha value is -0.540. The normalized spacial score (nSPS) is 15.4. The Morgan fingerprint density at radius 3 is 2.84 bits per heavy atom. The molecule has 0 aliphatic carbocycles. The van der Waals surface area contributed by atoms with E-state index in [1.54, 1.807) is 0 Å². The summed E-state index contributed by atoms with van der Waals surface area (Å²) in [6.45, 7) is 8.58. The van der Waals surface area contributed by atoms with Gasteiger partial charge in [-0.2, -0.15) is 0 Å². The molecule has 0 fully saturated rings. The van der Waals surface area contributed by atoms with Crippen LogP contribution >= 0.6 is 15.9 Å². The van der Waals surface area contributed by atoms with Gasteiger partial charge in [-0.05, 0) is 42.1 Å². The molecular formula is C16H24BrNO. The molecule has 1 aromatic rings. The maximum Gasteiger partial charge on any atom is 0.125 e. The fourth-order valence-electron chi connectivity index (χ4n) is 2.57. The minimum atomic E-state index is 0.554. The van der Waals surface area contributed by atoms with Crippen molar-refractivity contribution in [3.8, 4) is 5.75 Å². The summed E-state index contributed by atoms with van der Waals surface area (Å²) in [5, 5.41) is 3.55. The lowest BCUT2D eigenvalue weighted by atomic mass is 9.94. The smallest absolute Gasteiger partial charge is 0.125 e. The van der Waals surface area contributed by atoms with Gasteiger partial charge in [-0.3, -0.25) is 0 Å². The van der Waals surface area contributed by atoms with Crippen LogP contribution in [0, 0.1) is 5.92 Å². The standard InChI is InChI=1S/C16H24BrNO/c1-4-12(10-18-11(2)3)7-14-9-15(17)8-13-5-6-19-16(13)14/h8-9,11-12,18H,4-7,10H2,1-3H3. The fraction of sp³-hybridized carbons (Fsp3) is 0.625. The van der Waals surface area contributed by atoms with Crippen LogP contribution in [0.15, 0.2) is 16.6 Å². The van der Waals surface area contributed by atoms with E-state index in [-0.39, 0.29) is 0 Å². The van der Waals surface area contributed by atoms with Crippen molar-refractivity contribution in [3.63, 3.8) is 0 Å². The molecule has 1 N–H and O–H groups in total. The summed E-state index contributed by atoms with van der Waals surface area (Å²) in [5.74, 6) is 1.82. The molecule has 1 atom stereocenters. The highest BCUT2D eigenvalue weighted by Gasteiger charge is 2.19. The Bertz CT molecular complexity index is 431. The predicted molar refractivity (Wildman–Crippen MR) is 84.0 cm³/mol. The molecule has 0 saturated heterocycles. The third-order valence-electron chi connectivity index (χ3n) is 3.73. The summed E-state index contributed by atoms with van der Waals surface area (Å²) in [6, 6.07) is 4.97. The monoisotopic (exact) mass is 325 g/mol. The minimum absolute atomic E-state index is 0.554. The molecule has 0 spiro atoms. The van der Waals surface area contributed by atoms with Crippen LogP contribution in [0.4, 0.5) is 0 Å². The molecule has 1 heterocycles. The quantitative estimate of drug-likeness (QED) is 0.855. The zero-order valence-electron chi connectivity index (χ0n) is 12.1. The molecular weight excluding hydrogens is 302 g/mol. The summed E-state index contributed by atoms with van der Waals surface area (Å²) in [4.78, 5) is 0.